The first-order valence-corrected chi connectivity index (χ1v) is 8.70. The van der Waals surface area contributed by atoms with Gasteiger partial charge in [-0.15, -0.1) is 0 Å². The van der Waals surface area contributed by atoms with Crippen LogP contribution in [0.5, 0.6) is 5.75 Å². The van der Waals surface area contributed by atoms with Crippen LogP contribution in [0.15, 0.2) is 65.5 Å². The lowest BCUT2D eigenvalue weighted by Gasteiger charge is -2.10. The highest BCUT2D eigenvalue weighted by Gasteiger charge is 2.09. The van der Waals surface area contributed by atoms with Crippen LogP contribution in [0.3, 0.4) is 0 Å². The number of aromatic nitrogens is 2. The quantitative estimate of drug-likeness (QED) is 0.632. The van der Waals surface area contributed by atoms with Gasteiger partial charge in [-0.1, -0.05) is 24.3 Å². The molecule has 0 saturated carbocycles. The van der Waals surface area contributed by atoms with Crippen molar-refractivity contribution in [3.8, 4) is 17.0 Å². The van der Waals surface area contributed by atoms with Crippen LogP contribution in [0.1, 0.15) is 15.9 Å². The van der Waals surface area contributed by atoms with Crippen molar-refractivity contribution >= 4 is 5.97 Å². The molecule has 7 nitrogen and oxygen atoms in total. The predicted molar refractivity (Wildman–Crippen MR) is 103 cm³/mol. The van der Waals surface area contributed by atoms with Crippen molar-refractivity contribution in [3.05, 3.63) is 82.1 Å². The zero-order valence-electron chi connectivity index (χ0n) is 15.4. The lowest BCUT2D eigenvalue weighted by Crippen LogP contribution is -2.23. The molecule has 3 aromatic rings. The first-order chi connectivity index (χ1) is 13.6. The third-order valence-electron chi connectivity index (χ3n) is 4.04. The molecular formula is C21H20N2O5. The Labute approximate surface area is 161 Å². The van der Waals surface area contributed by atoms with Crippen molar-refractivity contribution in [2.75, 3.05) is 20.3 Å². The Morgan fingerprint density at radius 1 is 1.11 bits per heavy atom. The van der Waals surface area contributed by atoms with Gasteiger partial charge in [0.05, 0.1) is 31.5 Å². The molecule has 0 amide bonds. The van der Waals surface area contributed by atoms with Crippen molar-refractivity contribution in [2.24, 2.45) is 0 Å². The van der Waals surface area contributed by atoms with E-state index in [0.717, 1.165) is 11.1 Å². The van der Waals surface area contributed by atoms with Crippen molar-refractivity contribution in [1.29, 1.82) is 0 Å². The molecule has 0 radical (unpaired) electrons. The molecule has 0 atom stereocenters. The summed E-state index contributed by atoms with van der Waals surface area (Å²) in [5, 5.41) is 13.3. The number of methoxy groups -OCH3 is 1. The zero-order valence-corrected chi connectivity index (χ0v) is 15.4. The van der Waals surface area contributed by atoms with E-state index in [1.807, 2.05) is 18.2 Å². The Hall–Kier alpha value is -3.45. The molecule has 0 unspecified atom stereocenters. The summed E-state index contributed by atoms with van der Waals surface area (Å²) in [6, 6.07) is 17.2. The summed E-state index contributed by atoms with van der Waals surface area (Å²) in [4.78, 5) is 23.9. The fourth-order valence-corrected chi connectivity index (χ4v) is 2.71. The number of rotatable bonds is 7. The van der Waals surface area contributed by atoms with E-state index in [4.69, 9.17) is 14.6 Å². The molecule has 1 aromatic heterocycles. The van der Waals surface area contributed by atoms with Crippen LogP contribution in [0.25, 0.3) is 11.3 Å². The third-order valence-corrected chi connectivity index (χ3v) is 4.04. The maximum Gasteiger partial charge on any atom is 0.337 e. The van der Waals surface area contributed by atoms with Gasteiger partial charge >= 0.3 is 5.97 Å². The number of aliphatic hydroxyl groups is 1. The van der Waals surface area contributed by atoms with Gasteiger partial charge in [0.1, 0.15) is 12.4 Å². The smallest absolute Gasteiger partial charge is 0.337 e. The standard InChI is InChI=1S/C21H20N2O5/c1-27-21(26)17-6-2-4-15(12-17)14-23-20(25)9-8-19(22-23)16-5-3-7-18(13-16)28-11-10-24/h2-9,12-13,24H,10-11,14H2,1H3. The van der Waals surface area contributed by atoms with Gasteiger partial charge in [0, 0.05) is 11.6 Å². The van der Waals surface area contributed by atoms with E-state index in [1.165, 1.54) is 17.9 Å². The molecule has 0 aliphatic heterocycles. The van der Waals surface area contributed by atoms with Crippen LogP contribution in [0.2, 0.25) is 0 Å². The van der Waals surface area contributed by atoms with Gasteiger partial charge in [0.15, 0.2) is 0 Å². The minimum absolute atomic E-state index is 0.0714. The van der Waals surface area contributed by atoms with Crippen molar-refractivity contribution in [3.63, 3.8) is 0 Å². The first kappa shape index (κ1) is 19.3. The molecule has 0 spiro atoms. The Morgan fingerprint density at radius 2 is 1.93 bits per heavy atom. The molecule has 1 N–H and O–H groups in total. The number of hydrogen-bond donors (Lipinski definition) is 1. The van der Waals surface area contributed by atoms with Crippen LogP contribution >= 0.6 is 0 Å². The summed E-state index contributed by atoms with van der Waals surface area (Å²) in [5.74, 6) is 0.174. The highest BCUT2D eigenvalue weighted by atomic mass is 16.5. The molecule has 1 heterocycles. The average molecular weight is 380 g/mol. The number of benzene rings is 2. The van der Waals surface area contributed by atoms with E-state index in [0.29, 0.717) is 17.0 Å². The van der Waals surface area contributed by atoms with Gasteiger partial charge in [0.2, 0.25) is 0 Å². The molecule has 144 valence electrons. The minimum Gasteiger partial charge on any atom is -0.491 e. The first-order valence-electron chi connectivity index (χ1n) is 8.70. The molecule has 28 heavy (non-hydrogen) atoms. The number of ether oxygens (including phenoxy) is 2. The normalized spacial score (nSPS) is 10.5. The lowest BCUT2D eigenvalue weighted by atomic mass is 10.1. The van der Waals surface area contributed by atoms with Crippen molar-refractivity contribution < 1.29 is 19.4 Å². The van der Waals surface area contributed by atoms with Gasteiger partial charge in [-0.05, 0) is 35.9 Å². The average Bonchev–Trinajstić information content (AvgIpc) is 2.73. The Balaban J connectivity index is 1.88. The van der Waals surface area contributed by atoms with E-state index in [2.05, 4.69) is 5.10 Å². The van der Waals surface area contributed by atoms with Gasteiger partial charge in [-0.3, -0.25) is 4.79 Å². The number of esters is 1. The van der Waals surface area contributed by atoms with Crippen LogP contribution < -0.4 is 10.3 Å². The van der Waals surface area contributed by atoms with Crippen LogP contribution in [-0.4, -0.2) is 41.2 Å². The second-order valence-corrected chi connectivity index (χ2v) is 6.01. The highest BCUT2D eigenvalue weighted by Crippen LogP contribution is 2.21. The lowest BCUT2D eigenvalue weighted by molar-refractivity contribution is 0.0600. The summed E-state index contributed by atoms with van der Waals surface area (Å²) < 4.78 is 11.5. The summed E-state index contributed by atoms with van der Waals surface area (Å²) in [6.45, 7) is 0.350. The number of hydrogen-bond acceptors (Lipinski definition) is 6. The maximum absolute atomic E-state index is 12.2. The summed E-state index contributed by atoms with van der Waals surface area (Å²) in [6.07, 6.45) is 0. The molecule has 0 aliphatic carbocycles. The Bertz CT molecular complexity index is 1030. The number of carbonyl (C=O) groups excluding carboxylic acids is 1. The molecule has 3 rings (SSSR count). The summed E-state index contributed by atoms with van der Waals surface area (Å²) in [5.41, 5.74) is 2.32. The molecule has 0 saturated heterocycles. The second kappa shape index (κ2) is 8.96. The fourth-order valence-electron chi connectivity index (χ4n) is 2.71. The molecule has 0 aliphatic rings. The molecule has 0 bridgehead atoms. The summed E-state index contributed by atoms with van der Waals surface area (Å²) in [7, 11) is 1.32. The SMILES string of the molecule is COC(=O)c1cccc(Cn2nc(-c3cccc(OCCO)c3)ccc2=O)c1. The minimum atomic E-state index is -0.435. The fraction of sp³-hybridized carbons (Fsp3) is 0.190. The maximum atomic E-state index is 12.2. The van der Waals surface area contributed by atoms with E-state index in [1.54, 1.807) is 36.4 Å². The van der Waals surface area contributed by atoms with Gasteiger partial charge in [-0.25, -0.2) is 9.48 Å². The highest BCUT2D eigenvalue weighted by molar-refractivity contribution is 5.89. The molecule has 0 fully saturated rings. The van der Waals surface area contributed by atoms with Gasteiger partial charge in [-0.2, -0.15) is 5.10 Å². The topological polar surface area (TPSA) is 90.7 Å². The van der Waals surface area contributed by atoms with Crippen LogP contribution in [-0.2, 0) is 11.3 Å². The van der Waals surface area contributed by atoms with E-state index < -0.39 is 5.97 Å². The van der Waals surface area contributed by atoms with Gasteiger partial charge in [0.25, 0.3) is 5.56 Å². The molecular weight excluding hydrogens is 360 g/mol. The van der Waals surface area contributed by atoms with Gasteiger partial charge < -0.3 is 14.6 Å². The van der Waals surface area contributed by atoms with E-state index in [9.17, 15) is 9.59 Å². The van der Waals surface area contributed by atoms with Crippen molar-refractivity contribution in [2.45, 2.75) is 6.54 Å². The predicted octanol–water partition coefficient (Wildman–Crippen LogP) is 2.12. The third kappa shape index (κ3) is 4.63. The zero-order chi connectivity index (χ0) is 19.9. The number of carbonyl (C=O) groups is 1. The number of nitrogens with zero attached hydrogens (tertiary/aromatic N) is 2. The molecule has 2 aromatic carbocycles. The summed E-state index contributed by atoms with van der Waals surface area (Å²) >= 11 is 0. The Morgan fingerprint density at radius 3 is 2.71 bits per heavy atom. The van der Waals surface area contributed by atoms with Crippen LogP contribution in [0.4, 0.5) is 0 Å². The van der Waals surface area contributed by atoms with Crippen molar-refractivity contribution in [1.82, 2.24) is 9.78 Å². The van der Waals surface area contributed by atoms with E-state index >= 15 is 0 Å². The van der Waals surface area contributed by atoms with Crippen LogP contribution in [0, 0.1) is 0 Å². The molecule has 7 heteroatoms. The number of aliphatic hydroxyl groups excluding tert-OH is 1. The second-order valence-electron chi connectivity index (χ2n) is 6.01. The van der Waals surface area contributed by atoms with E-state index in [-0.39, 0.29) is 25.3 Å². The monoisotopic (exact) mass is 380 g/mol. The largest absolute Gasteiger partial charge is 0.491 e. The Kier molecular flexibility index (Phi) is 6.18.